The fourth-order valence-corrected chi connectivity index (χ4v) is 1.44. The van der Waals surface area contributed by atoms with Crippen LogP contribution in [0.5, 0.6) is 0 Å². The molecule has 0 aromatic heterocycles. The maximum atomic E-state index is 11.6. The molecule has 0 heterocycles. The van der Waals surface area contributed by atoms with Crippen LogP contribution in [-0.2, 0) is 12.8 Å². The fraction of sp³-hybridized carbons (Fsp3) is 0.182. The van der Waals surface area contributed by atoms with Gasteiger partial charge in [-0.2, -0.15) is 0 Å². The fourth-order valence-electron chi connectivity index (χ4n) is 1.44. The van der Waals surface area contributed by atoms with Crippen LogP contribution in [-0.4, -0.2) is 0 Å². The maximum Gasteiger partial charge on any atom is 0.185 e. The summed E-state index contributed by atoms with van der Waals surface area (Å²) in [5.41, 5.74) is 2.03. The molecule has 1 nitrogen and oxygen atoms in total. The van der Waals surface area contributed by atoms with Crippen molar-refractivity contribution < 1.29 is 0 Å². The summed E-state index contributed by atoms with van der Waals surface area (Å²) in [7, 11) is 0. The van der Waals surface area contributed by atoms with Gasteiger partial charge in [0.05, 0.1) is 0 Å². The van der Waals surface area contributed by atoms with Gasteiger partial charge in [-0.1, -0.05) is 36.4 Å². The van der Waals surface area contributed by atoms with Crippen molar-refractivity contribution in [2.75, 3.05) is 0 Å². The number of allylic oxidation sites excluding steroid dienone is 2. The Labute approximate surface area is 71.4 Å². The summed E-state index contributed by atoms with van der Waals surface area (Å²) in [6.07, 6.45) is 5.68. The average Bonchev–Trinajstić information content (AvgIpc) is 2.37. The highest BCUT2D eigenvalue weighted by Crippen LogP contribution is 2.03. The Bertz CT molecular complexity index is 343. The molecule has 0 fully saturated rings. The third kappa shape index (κ3) is 1.18. The minimum Gasteiger partial charge on any atom is -0.289 e. The maximum absolute atomic E-state index is 11.6. The lowest BCUT2D eigenvalue weighted by molar-refractivity contribution is 1.24. The molecule has 0 atom stereocenters. The van der Waals surface area contributed by atoms with Gasteiger partial charge in [0.2, 0.25) is 0 Å². The summed E-state index contributed by atoms with van der Waals surface area (Å²) in [6.45, 7) is 0. The van der Waals surface area contributed by atoms with Crippen LogP contribution in [0.1, 0.15) is 11.1 Å². The van der Waals surface area contributed by atoms with Crippen LogP contribution in [0.15, 0.2) is 41.2 Å². The van der Waals surface area contributed by atoms with Gasteiger partial charge in [0.15, 0.2) is 5.43 Å². The summed E-state index contributed by atoms with van der Waals surface area (Å²) in [6, 6.07) is 7.67. The molecule has 1 aliphatic rings. The molecule has 0 amide bonds. The van der Waals surface area contributed by atoms with E-state index in [1.807, 2.05) is 24.3 Å². The molecule has 0 aliphatic heterocycles. The molecule has 1 aromatic rings. The van der Waals surface area contributed by atoms with E-state index in [9.17, 15) is 4.79 Å². The standard InChI is InChI=1S/C11H10O/c12-11-9-5-1-2-6-10(11)8-4-3-7-9/h1-6H,7-8H2. The third-order valence-corrected chi connectivity index (χ3v) is 2.13. The van der Waals surface area contributed by atoms with Crippen LogP contribution in [0.25, 0.3) is 0 Å². The van der Waals surface area contributed by atoms with E-state index in [2.05, 4.69) is 12.2 Å². The highest BCUT2D eigenvalue weighted by Gasteiger charge is 2.03. The van der Waals surface area contributed by atoms with Crippen LogP contribution < -0.4 is 5.43 Å². The van der Waals surface area contributed by atoms with Crippen molar-refractivity contribution in [2.45, 2.75) is 12.8 Å². The molecule has 0 N–H and O–H groups in total. The highest BCUT2D eigenvalue weighted by molar-refractivity contribution is 5.28. The molecule has 2 rings (SSSR count). The van der Waals surface area contributed by atoms with Crippen LogP contribution in [0.4, 0.5) is 0 Å². The summed E-state index contributed by atoms with van der Waals surface area (Å²) in [5, 5.41) is 0. The Morgan fingerprint density at radius 3 is 1.92 bits per heavy atom. The van der Waals surface area contributed by atoms with Crippen molar-refractivity contribution in [1.82, 2.24) is 0 Å². The van der Waals surface area contributed by atoms with Crippen LogP contribution in [0, 0.1) is 0 Å². The minimum atomic E-state index is 0.213. The largest absolute Gasteiger partial charge is 0.289 e. The predicted molar refractivity (Wildman–Crippen MR) is 49.3 cm³/mol. The first-order chi connectivity index (χ1) is 5.88. The van der Waals surface area contributed by atoms with E-state index in [0.717, 1.165) is 24.0 Å². The second-order valence-corrected chi connectivity index (χ2v) is 2.98. The van der Waals surface area contributed by atoms with Gasteiger partial charge >= 0.3 is 0 Å². The Morgan fingerprint density at radius 2 is 1.42 bits per heavy atom. The van der Waals surface area contributed by atoms with Crippen molar-refractivity contribution in [3.05, 3.63) is 57.8 Å². The molecule has 60 valence electrons. The second-order valence-electron chi connectivity index (χ2n) is 2.98. The predicted octanol–water partition coefficient (Wildman–Crippen LogP) is 1.70. The average molecular weight is 158 g/mol. The van der Waals surface area contributed by atoms with E-state index in [4.69, 9.17) is 0 Å². The summed E-state index contributed by atoms with van der Waals surface area (Å²) >= 11 is 0. The van der Waals surface area contributed by atoms with E-state index in [0.29, 0.717) is 0 Å². The van der Waals surface area contributed by atoms with E-state index in [1.54, 1.807) is 0 Å². The van der Waals surface area contributed by atoms with Gasteiger partial charge < -0.3 is 0 Å². The van der Waals surface area contributed by atoms with Gasteiger partial charge in [-0.05, 0) is 12.8 Å². The molecule has 0 saturated carbocycles. The zero-order chi connectivity index (χ0) is 8.39. The Balaban J connectivity index is 2.75. The van der Waals surface area contributed by atoms with E-state index in [1.165, 1.54) is 0 Å². The van der Waals surface area contributed by atoms with Crippen molar-refractivity contribution in [3.8, 4) is 0 Å². The normalized spacial score (nSPS) is 14.0. The lowest BCUT2D eigenvalue weighted by Crippen LogP contribution is -2.07. The summed E-state index contributed by atoms with van der Waals surface area (Å²) < 4.78 is 0. The van der Waals surface area contributed by atoms with Crippen molar-refractivity contribution >= 4 is 0 Å². The Hall–Kier alpha value is -1.37. The quantitative estimate of drug-likeness (QED) is 0.525. The minimum absolute atomic E-state index is 0.213. The Morgan fingerprint density at radius 1 is 0.917 bits per heavy atom. The smallest absolute Gasteiger partial charge is 0.185 e. The number of hydrogen-bond acceptors (Lipinski definition) is 1. The van der Waals surface area contributed by atoms with Crippen molar-refractivity contribution in [3.63, 3.8) is 0 Å². The zero-order valence-corrected chi connectivity index (χ0v) is 6.79. The molecule has 12 heavy (non-hydrogen) atoms. The van der Waals surface area contributed by atoms with E-state index < -0.39 is 0 Å². The lowest BCUT2D eigenvalue weighted by Gasteiger charge is -1.87. The number of rotatable bonds is 0. The monoisotopic (exact) mass is 158 g/mol. The van der Waals surface area contributed by atoms with Gasteiger partial charge in [-0.25, -0.2) is 0 Å². The molecule has 0 spiro atoms. The molecular formula is C11H10O. The van der Waals surface area contributed by atoms with Crippen molar-refractivity contribution in [2.24, 2.45) is 0 Å². The molecule has 1 aromatic carbocycles. The molecule has 1 heteroatoms. The molecular weight excluding hydrogens is 148 g/mol. The molecule has 1 aliphatic carbocycles. The van der Waals surface area contributed by atoms with Crippen LogP contribution in [0.2, 0.25) is 0 Å². The van der Waals surface area contributed by atoms with Gasteiger partial charge in [0, 0.05) is 11.1 Å². The zero-order valence-electron chi connectivity index (χ0n) is 6.79. The first kappa shape index (κ1) is 7.29. The van der Waals surface area contributed by atoms with Gasteiger partial charge in [-0.3, -0.25) is 4.79 Å². The SMILES string of the molecule is O=c1c2ccccc1CC=CC2. The highest BCUT2D eigenvalue weighted by atomic mass is 16.1. The third-order valence-electron chi connectivity index (χ3n) is 2.13. The summed E-state index contributed by atoms with van der Waals surface area (Å²) in [4.78, 5) is 11.6. The first-order valence-corrected chi connectivity index (χ1v) is 4.14. The molecule has 0 saturated heterocycles. The first-order valence-electron chi connectivity index (χ1n) is 4.14. The van der Waals surface area contributed by atoms with E-state index >= 15 is 0 Å². The second kappa shape index (κ2) is 2.94. The molecule has 0 radical (unpaired) electrons. The lowest BCUT2D eigenvalue weighted by atomic mass is 10.2. The molecule has 0 unspecified atom stereocenters. The van der Waals surface area contributed by atoms with Crippen LogP contribution >= 0.6 is 0 Å². The number of hydrogen-bond donors (Lipinski definition) is 0. The van der Waals surface area contributed by atoms with Gasteiger partial charge in [0.1, 0.15) is 0 Å². The Kier molecular flexibility index (Phi) is 1.78. The van der Waals surface area contributed by atoms with Crippen LogP contribution in [0.3, 0.4) is 0 Å². The van der Waals surface area contributed by atoms with Gasteiger partial charge in [-0.15, -0.1) is 0 Å². The van der Waals surface area contributed by atoms with Gasteiger partial charge in [0.25, 0.3) is 0 Å². The van der Waals surface area contributed by atoms with Crippen molar-refractivity contribution in [1.29, 1.82) is 0 Å². The molecule has 2 bridgehead atoms. The van der Waals surface area contributed by atoms with E-state index in [-0.39, 0.29) is 5.43 Å². The topological polar surface area (TPSA) is 17.1 Å². The number of fused-ring (bicyclic) bond motifs is 2. The summed E-state index contributed by atoms with van der Waals surface area (Å²) in [5.74, 6) is 0.